The van der Waals surface area contributed by atoms with E-state index in [1.165, 1.54) is 16.0 Å². The molecule has 0 bridgehead atoms. The molecule has 19 heavy (non-hydrogen) atoms. The average molecular weight is 272 g/mol. The predicted molar refractivity (Wildman–Crippen MR) is 82.5 cm³/mol. The molecule has 100 valence electrons. The summed E-state index contributed by atoms with van der Waals surface area (Å²) >= 11 is 1.83. The molecule has 0 radical (unpaired) electrons. The molecule has 1 nitrogen and oxygen atoms in total. The molecule has 0 heterocycles. The fourth-order valence-corrected chi connectivity index (χ4v) is 2.71. The standard InChI is InChI=1S/C17H20OS/c1-13(2)16-7-3-15(4-8-16)12-19-17-9-5-14(11-18)6-10-17/h3-10,13,18H,11-12H2,1-2H3. The van der Waals surface area contributed by atoms with E-state index in [-0.39, 0.29) is 6.61 Å². The van der Waals surface area contributed by atoms with Crippen LogP contribution in [0.1, 0.15) is 36.5 Å². The molecule has 0 saturated carbocycles. The van der Waals surface area contributed by atoms with Crippen molar-refractivity contribution in [3.8, 4) is 0 Å². The first-order valence-corrected chi connectivity index (χ1v) is 7.59. The lowest BCUT2D eigenvalue weighted by molar-refractivity contribution is 0.282. The topological polar surface area (TPSA) is 20.2 Å². The maximum atomic E-state index is 9.00. The molecule has 0 amide bonds. The molecule has 0 aliphatic rings. The van der Waals surface area contributed by atoms with Crippen molar-refractivity contribution in [2.75, 3.05) is 0 Å². The molecule has 2 rings (SSSR count). The smallest absolute Gasteiger partial charge is 0.0681 e. The van der Waals surface area contributed by atoms with Gasteiger partial charge in [0.15, 0.2) is 0 Å². The molecule has 0 saturated heterocycles. The average Bonchev–Trinajstić information content (AvgIpc) is 2.46. The highest BCUT2D eigenvalue weighted by molar-refractivity contribution is 7.98. The van der Waals surface area contributed by atoms with E-state index < -0.39 is 0 Å². The minimum absolute atomic E-state index is 0.113. The van der Waals surface area contributed by atoms with Crippen molar-refractivity contribution in [1.82, 2.24) is 0 Å². The second kappa shape index (κ2) is 6.78. The third-order valence-electron chi connectivity index (χ3n) is 3.16. The van der Waals surface area contributed by atoms with Crippen molar-refractivity contribution in [1.29, 1.82) is 0 Å². The summed E-state index contributed by atoms with van der Waals surface area (Å²) in [6, 6.07) is 16.9. The summed E-state index contributed by atoms with van der Waals surface area (Å²) in [5.41, 5.74) is 3.70. The number of aliphatic hydroxyl groups is 1. The Hall–Kier alpha value is -1.25. The van der Waals surface area contributed by atoms with Crippen molar-refractivity contribution < 1.29 is 5.11 Å². The quantitative estimate of drug-likeness (QED) is 0.803. The van der Waals surface area contributed by atoms with Crippen molar-refractivity contribution in [3.05, 3.63) is 65.2 Å². The Labute approximate surface area is 119 Å². The fourth-order valence-electron chi connectivity index (χ4n) is 1.86. The Bertz CT molecular complexity index is 500. The summed E-state index contributed by atoms with van der Waals surface area (Å²) in [5, 5.41) is 9.00. The zero-order valence-electron chi connectivity index (χ0n) is 11.5. The van der Waals surface area contributed by atoms with Crippen LogP contribution in [0.5, 0.6) is 0 Å². The lowest BCUT2D eigenvalue weighted by Gasteiger charge is -2.07. The molecule has 1 N–H and O–H groups in total. The minimum Gasteiger partial charge on any atom is -0.392 e. The highest BCUT2D eigenvalue weighted by Gasteiger charge is 2.00. The molecule has 0 unspecified atom stereocenters. The largest absolute Gasteiger partial charge is 0.392 e. The lowest BCUT2D eigenvalue weighted by Crippen LogP contribution is -1.88. The van der Waals surface area contributed by atoms with Crippen LogP contribution < -0.4 is 0 Å². The van der Waals surface area contributed by atoms with Gasteiger partial charge in [-0.05, 0) is 34.7 Å². The lowest BCUT2D eigenvalue weighted by atomic mass is 10.0. The summed E-state index contributed by atoms with van der Waals surface area (Å²) in [4.78, 5) is 1.24. The molecule has 2 aromatic rings. The van der Waals surface area contributed by atoms with Gasteiger partial charge >= 0.3 is 0 Å². The van der Waals surface area contributed by atoms with Gasteiger partial charge in [-0.25, -0.2) is 0 Å². The Morgan fingerprint density at radius 1 is 0.895 bits per heavy atom. The van der Waals surface area contributed by atoms with Crippen LogP contribution in [0.15, 0.2) is 53.4 Å². The van der Waals surface area contributed by atoms with Crippen molar-refractivity contribution in [2.45, 2.75) is 37.0 Å². The second-order valence-electron chi connectivity index (χ2n) is 4.99. The third-order valence-corrected chi connectivity index (χ3v) is 4.24. The highest BCUT2D eigenvalue weighted by atomic mass is 32.2. The van der Waals surface area contributed by atoms with Crippen molar-refractivity contribution >= 4 is 11.8 Å². The first kappa shape index (κ1) is 14.2. The zero-order chi connectivity index (χ0) is 13.7. The second-order valence-corrected chi connectivity index (χ2v) is 6.04. The van der Waals surface area contributed by atoms with E-state index >= 15 is 0 Å². The van der Waals surface area contributed by atoms with Gasteiger partial charge in [0.1, 0.15) is 0 Å². The number of hydrogen-bond acceptors (Lipinski definition) is 2. The first-order valence-electron chi connectivity index (χ1n) is 6.60. The molecule has 2 aromatic carbocycles. The number of rotatable bonds is 5. The Morgan fingerprint density at radius 3 is 2.00 bits per heavy atom. The Morgan fingerprint density at radius 2 is 1.47 bits per heavy atom. The van der Waals surface area contributed by atoms with E-state index in [9.17, 15) is 0 Å². The number of hydrogen-bond donors (Lipinski definition) is 1. The number of thioether (sulfide) groups is 1. The van der Waals surface area contributed by atoms with Crippen LogP contribution in [0.3, 0.4) is 0 Å². The predicted octanol–water partition coefficient (Wildman–Crippen LogP) is 4.59. The SMILES string of the molecule is CC(C)c1ccc(CSc2ccc(CO)cc2)cc1. The highest BCUT2D eigenvalue weighted by Crippen LogP contribution is 2.24. The monoisotopic (exact) mass is 272 g/mol. The van der Waals surface area contributed by atoms with Gasteiger partial charge in [-0.2, -0.15) is 0 Å². The van der Waals surface area contributed by atoms with E-state index in [4.69, 9.17) is 5.11 Å². The van der Waals surface area contributed by atoms with E-state index in [0.29, 0.717) is 5.92 Å². The molecular formula is C17H20OS. The van der Waals surface area contributed by atoms with Crippen LogP contribution in [0.25, 0.3) is 0 Å². The van der Waals surface area contributed by atoms with Crippen molar-refractivity contribution in [2.24, 2.45) is 0 Å². The van der Waals surface area contributed by atoms with Crippen LogP contribution in [0, 0.1) is 0 Å². The normalized spacial score (nSPS) is 10.9. The van der Waals surface area contributed by atoms with E-state index in [2.05, 4.69) is 50.2 Å². The molecule has 0 aliphatic heterocycles. The third kappa shape index (κ3) is 4.12. The maximum absolute atomic E-state index is 9.00. The summed E-state index contributed by atoms with van der Waals surface area (Å²) in [6.45, 7) is 4.54. The van der Waals surface area contributed by atoms with Gasteiger partial charge < -0.3 is 5.11 Å². The maximum Gasteiger partial charge on any atom is 0.0681 e. The first-order chi connectivity index (χ1) is 9.19. The van der Waals surface area contributed by atoms with Gasteiger partial charge in [-0.1, -0.05) is 50.2 Å². The summed E-state index contributed by atoms with van der Waals surface area (Å²) in [6.07, 6.45) is 0. The summed E-state index contributed by atoms with van der Waals surface area (Å²) < 4.78 is 0. The van der Waals surface area contributed by atoms with Crippen LogP contribution in [0.4, 0.5) is 0 Å². The van der Waals surface area contributed by atoms with E-state index in [1.54, 1.807) is 0 Å². The summed E-state index contributed by atoms with van der Waals surface area (Å²) in [5.74, 6) is 1.57. The molecule has 0 spiro atoms. The van der Waals surface area contributed by atoms with Crippen molar-refractivity contribution in [3.63, 3.8) is 0 Å². The van der Waals surface area contributed by atoms with Gasteiger partial charge in [0.25, 0.3) is 0 Å². The Balaban J connectivity index is 1.94. The van der Waals surface area contributed by atoms with Crippen LogP contribution in [0.2, 0.25) is 0 Å². The molecule has 0 atom stereocenters. The molecule has 0 fully saturated rings. The van der Waals surface area contributed by atoms with Gasteiger partial charge in [0.2, 0.25) is 0 Å². The van der Waals surface area contributed by atoms with Gasteiger partial charge in [-0.3, -0.25) is 0 Å². The van der Waals surface area contributed by atoms with Crippen LogP contribution >= 0.6 is 11.8 Å². The fraction of sp³-hybridized carbons (Fsp3) is 0.294. The molecule has 2 heteroatoms. The number of aliphatic hydroxyl groups excluding tert-OH is 1. The van der Waals surface area contributed by atoms with E-state index in [0.717, 1.165) is 11.3 Å². The minimum atomic E-state index is 0.113. The molecular weight excluding hydrogens is 252 g/mol. The molecule has 0 aliphatic carbocycles. The van der Waals surface area contributed by atoms with Crippen LogP contribution in [-0.4, -0.2) is 5.11 Å². The van der Waals surface area contributed by atoms with Gasteiger partial charge in [0, 0.05) is 10.6 Å². The zero-order valence-corrected chi connectivity index (χ0v) is 12.3. The van der Waals surface area contributed by atoms with Crippen LogP contribution in [-0.2, 0) is 12.4 Å². The molecule has 0 aromatic heterocycles. The Kier molecular flexibility index (Phi) is 5.06. The van der Waals surface area contributed by atoms with E-state index in [1.807, 2.05) is 23.9 Å². The number of benzene rings is 2. The van der Waals surface area contributed by atoms with Gasteiger partial charge in [0.05, 0.1) is 6.61 Å². The summed E-state index contributed by atoms with van der Waals surface area (Å²) in [7, 11) is 0. The van der Waals surface area contributed by atoms with Gasteiger partial charge in [-0.15, -0.1) is 11.8 Å².